The van der Waals surface area contributed by atoms with Crippen molar-refractivity contribution in [3.63, 3.8) is 0 Å². The Hall–Kier alpha value is -4.15. The van der Waals surface area contributed by atoms with Gasteiger partial charge in [-0.25, -0.2) is 4.79 Å². The third-order valence-corrected chi connectivity index (χ3v) is 7.83. The molecule has 0 unspecified atom stereocenters. The summed E-state index contributed by atoms with van der Waals surface area (Å²) in [7, 11) is 0. The van der Waals surface area contributed by atoms with E-state index in [4.69, 9.17) is 4.74 Å². The number of alkyl halides is 3. The van der Waals surface area contributed by atoms with E-state index < -0.39 is 17.9 Å². The van der Waals surface area contributed by atoms with Crippen LogP contribution in [0.2, 0.25) is 0 Å². The van der Waals surface area contributed by atoms with Gasteiger partial charge in [0.1, 0.15) is 11.0 Å². The number of aryl methyl sites for hydroxylation is 1. The van der Waals surface area contributed by atoms with Gasteiger partial charge in [-0.2, -0.15) is 23.1 Å². The van der Waals surface area contributed by atoms with Crippen LogP contribution in [0, 0.1) is 12.8 Å². The van der Waals surface area contributed by atoms with Gasteiger partial charge in [0.15, 0.2) is 5.82 Å². The molecule has 4 aromatic rings. The van der Waals surface area contributed by atoms with Crippen LogP contribution in [-0.4, -0.2) is 36.8 Å². The highest BCUT2D eigenvalue weighted by molar-refractivity contribution is 5.95. The third kappa shape index (κ3) is 5.84. The van der Waals surface area contributed by atoms with Crippen LogP contribution in [0.25, 0.3) is 22.4 Å². The Morgan fingerprint density at radius 2 is 1.85 bits per heavy atom. The predicted molar refractivity (Wildman–Crippen MR) is 149 cm³/mol. The highest BCUT2D eigenvalue weighted by Crippen LogP contribution is 2.39. The standard InChI is InChI=1S/C30H32F3N5O3/c1-16(2)21-12-13-34-23(14-21)25-17(3)24-26(38(25)15-19-8-10-22(11-9-19)30(31,32)33)27(35-18(4)20-6-5-7-20)37-28(36-24)41-29(39)40/h8-14,16,18,20H,5-7,15H2,1-4H3,(H,39,40)(H,35,36,37)/t18-/m1/s1. The first-order chi connectivity index (χ1) is 19.4. The molecule has 1 fully saturated rings. The van der Waals surface area contributed by atoms with Crippen LogP contribution < -0.4 is 10.1 Å². The lowest BCUT2D eigenvalue weighted by Crippen LogP contribution is -2.31. The number of anilines is 1. The molecule has 0 saturated heterocycles. The second-order valence-corrected chi connectivity index (χ2v) is 10.9. The minimum absolute atomic E-state index is 0.0418. The van der Waals surface area contributed by atoms with Crippen molar-refractivity contribution in [2.75, 3.05) is 5.32 Å². The van der Waals surface area contributed by atoms with Crippen molar-refractivity contribution in [1.82, 2.24) is 19.5 Å². The van der Waals surface area contributed by atoms with Crippen LogP contribution >= 0.6 is 0 Å². The number of hydrogen-bond acceptors (Lipinski definition) is 6. The lowest BCUT2D eigenvalue weighted by atomic mass is 9.80. The van der Waals surface area contributed by atoms with Gasteiger partial charge < -0.3 is 19.7 Å². The Bertz CT molecular complexity index is 1580. The van der Waals surface area contributed by atoms with Gasteiger partial charge in [-0.3, -0.25) is 4.98 Å². The molecule has 41 heavy (non-hydrogen) atoms. The molecule has 0 amide bonds. The molecule has 11 heteroatoms. The monoisotopic (exact) mass is 567 g/mol. The van der Waals surface area contributed by atoms with E-state index in [-0.39, 0.29) is 24.5 Å². The first-order valence-electron chi connectivity index (χ1n) is 13.6. The Morgan fingerprint density at radius 1 is 1.15 bits per heavy atom. The lowest BCUT2D eigenvalue weighted by molar-refractivity contribution is -0.137. The largest absolute Gasteiger partial charge is 0.513 e. The zero-order chi connectivity index (χ0) is 29.5. The first-order valence-corrected chi connectivity index (χ1v) is 13.6. The summed E-state index contributed by atoms with van der Waals surface area (Å²) in [6.45, 7) is 8.28. The zero-order valence-corrected chi connectivity index (χ0v) is 23.3. The summed E-state index contributed by atoms with van der Waals surface area (Å²) in [5.41, 5.74) is 4.14. The number of nitrogens with zero attached hydrogens (tertiary/aromatic N) is 4. The molecule has 2 N–H and O–H groups in total. The van der Waals surface area contributed by atoms with E-state index in [0.29, 0.717) is 39.7 Å². The number of hydrogen-bond donors (Lipinski definition) is 2. The van der Waals surface area contributed by atoms with Gasteiger partial charge in [-0.15, -0.1) is 0 Å². The number of benzene rings is 1. The molecule has 1 aromatic carbocycles. The van der Waals surface area contributed by atoms with Gasteiger partial charge in [-0.05, 0) is 73.9 Å². The SMILES string of the molecule is Cc1c(-c2cc(C(C)C)ccn2)n(Cc2ccc(C(F)(F)F)cc2)c2c(N[C@H](C)C3CCC3)nc(OC(=O)O)nc12. The first kappa shape index (κ1) is 28.4. The molecule has 3 heterocycles. The van der Waals surface area contributed by atoms with Crippen molar-refractivity contribution in [1.29, 1.82) is 0 Å². The van der Waals surface area contributed by atoms with Crippen LogP contribution in [0.4, 0.5) is 23.8 Å². The summed E-state index contributed by atoms with van der Waals surface area (Å²) in [4.78, 5) is 25.0. The molecule has 8 nitrogen and oxygen atoms in total. The molecule has 0 spiro atoms. The van der Waals surface area contributed by atoms with E-state index in [1.807, 2.05) is 23.6 Å². The molecule has 5 rings (SSSR count). The number of rotatable bonds is 8. The molecule has 0 aliphatic heterocycles. The van der Waals surface area contributed by atoms with Crippen molar-refractivity contribution in [3.8, 4) is 17.4 Å². The topological polar surface area (TPSA) is 102 Å². The Labute approximate surface area is 235 Å². The summed E-state index contributed by atoms with van der Waals surface area (Å²) >= 11 is 0. The van der Waals surface area contributed by atoms with Crippen molar-refractivity contribution in [3.05, 3.63) is 64.8 Å². The second kappa shape index (κ2) is 11.0. The number of carbonyl (C=O) groups is 1. The minimum Gasteiger partial charge on any atom is -0.449 e. The van der Waals surface area contributed by atoms with Crippen LogP contribution in [0.1, 0.15) is 68.2 Å². The summed E-state index contributed by atoms with van der Waals surface area (Å²) in [6, 6.07) is 8.71. The molecule has 0 bridgehead atoms. The molecule has 1 aliphatic rings. The molecular weight excluding hydrogens is 535 g/mol. The minimum atomic E-state index is -4.44. The predicted octanol–water partition coefficient (Wildman–Crippen LogP) is 7.65. The number of nitrogens with one attached hydrogen (secondary N) is 1. The Balaban J connectivity index is 1.73. The second-order valence-electron chi connectivity index (χ2n) is 10.9. The van der Waals surface area contributed by atoms with Gasteiger partial charge >= 0.3 is 18.3 Å². The van der Waals surface area contributed by atoms with Gasteiger partial charge in [0.25, 0.3) is 0 Å². The van der Waals surface area contributed by atoms with E-state index in [2.05, 4.69) is 41.0 Å². The summed E-state index contributed by atoms with van der Waals surface area (Å²) in [6.07, 6.45) is -0.949. The summed E-state index contributed by atoms with van der Waals surface area (Å²) in [5.74, 6) is 1.07. The number of fused-ring (bicyclic) bond motifs is 1. The number of pyridine rings is 1. The molecule has 1 saturated carbocycles. The number of aromatic nitrogens is 4. The van der Waals surface area contributed by atoms with E-state index >= 15 is 0 Å². The van der Waals surface area contributed by atoms with E-state index in [1.165, 1.54) is 12.1 Å². The van der Waals surface area contributed by atoms with Crippen molar-refractivity contribution in [2.24, 2.45) is 5.92 Å². The highest BCUT2D eigenvalue weighted by Gasteiger charge is 2.31. The Kier molecular flexibility index (Phi) is 7.63. The summed E-state index contributed by atoms with van der Waals surface area (Å²) < 4.78 is 46.6. The average Bonchev–Trinajstić information content (AvgIpc) is 3.13. The fourth-order valence-corrected chi connectivity index (χ4v) is 5.28. The molecular formula is C30H32F3N5O3. The van der Waals surface area contributed by atoms with Crippen molar-refractivity contribution < 1.29 is 27.8 Å². The van der Waals surface area contributed by atoms with Crippen LogP contribution in [0.3, 0.4) is 0 Å². The maximum Gasteiger partial charge on any atom is 0.513 e. The summed E-state index contributed by atoms with van der Waals surface area (Å²) in [5, 5.41) is 12.8. The molecule has 3 aromatic heterocycles. The smallest absolute Gasteiger partial charge is 0.449 e. The van der Waals surface area contributed by atoms with Crippen LogP contribution in [0.15, 0.2) is 42.6 Å². The van der Waals surface area contributed by atoms with E-state index in [1.54, 1.807) is 6.20 Å². The third-order valence-electron chi connectivity index (χ3n) is 7.83. The van der Waals surface area contributed by atoms with Crippen molar-refractivity contribution in [2.45, 2.75) is 71.6 Å². The maximum absolute atomic E-state index is 13.3. The van der Waals surface area contributed by atoms with E-state index in [9.17, 15) is 23.1 Å². The molecule has 0 radical (unpaired) electrons. The quantitative estimate of drug-likeness (QED) is 0.211. The van der Waals surface area contributed by atoms with Crippen LogP contribution in [-0.2, 0) is 12.7 Å². The van der Waals surface area contributed by atoms with Gasteiger partial charge in [0.05, 0.1) is 17.0 Å². The molecule has 1 aliphatic carbocycles. The van der Waals surface area contributed by atoms with Gasteiger partial charge in [-0.1, -0.05) is 32.4 Å². The van der Waals surface area contributed by atoms with Crippen molar-refractivity contribution >= 4 is 23.0 Å². The Morgan fingerprint density at radius 3 is 2.44 bits per heavy atom. The van der Waals surface area contributed by atoms with Gasteiger partial charge in [0, 0.05) is 24.3 Å². The van der Waals surface area contributed by atoms with Gasteiger partial charge in [0.2, 0.25) is 0 Å². The highest BCUT2D eigenvalue weighted by atomic mass is 19.4. The zero-order valence-electron chi connectivity index (χ0n) is 23.3. The fraction of sp³-hybridized carbons (Fsp3) is 0.400. The van der Waals surface area contributed by atoms with Crippen LogP contribution in [0.5, 0.6) is 6.01 Å². The number of carboxylic acid groups (broad SMARTS) is 1. The molecule has 1 atom stereocenters. The number of halogens is 3. The normalized spacial score (nSPS) is 14.7. The van der Waals surface area contributed by atoms with E-state index in [0.717, 1.165) is 42.5 Å². The lowest BCUT2D eigenvalue weighted by Gasteiger charge is -2.32. The average molecular weight is 568 g/mol. The fourth-order valence-electron chi connectivity index (χ4n) is 5.28. The maximum atomic E-state index is 13.3. The number of ether oxygens (including phenoxy) is 1. The molecule has 216 valence electrons.